The molecule has 9 heteroatoms. The van der Waals surface area contributed by atoms with Crippen LogP contribution in [0.1, 0.15) is 57.8 Å². The summed E-state index contributed by atoms with van der Waals surface area (Å²) in [6, 6.07) is 1.94. The van der Waals surface area contributed by atoms with E-state index in [9.17, 15) is 14.4 Å². The van der Waals surface area contributed by atoms with Gasteiger partial charge in [-0.05, 0) is 50.1 Å². The van der Waals surface area contributed by atoms with Crippen molar-refractivity contribution < 1.29 is 19.1 Å². The van der Waals surface area contributed by atoms with Crippen LogP contribution in [0.25, 0.3) is 0 Å². The number of thiophene rings is 2. The third-order valence-corrected chi connectivity index (χ3v) is 7.11. The lowest BCUT2D eigenvalue weighted by Gasteiger charge is -2.31. The molecule has 31 heavy (non-hydrogen) atoms. The SMILES string of the molecule is CCOC(=O)c1c(NC(=O)CN2CCC(NC(=O)c3ccsc3)CC2)sc(C)c1CC. The minimum atomic E-state index is -0.388. The van der Waals surface area contributed by atoms with Gasteiger partial charge >= 0.3 is 5.97 Å². The summed E-state index contributed by atoms with van der Waals surface area (Å²) in [5.41, 5.74) is 2.11. The van der Waals surface area contributed by atoms with Crippen molar-refractivity contribution in [2.75, 3.05) is 31.6 Å². The van der Waals surface area contributed by atoms with Gasteiger partial charge in [-0.2, -0.15) is 11.3 Å². The number of rotatable bonds is 8. The van der Waals surface area contributed by atoms with Gasteiger partial charge in [0.05, 0.1) is 18.7 Å². The van der Waals surface area contributed by atoms with E-state index < -0.39 is 0 Å². The number of nitrogens with zero attached hydrogens (tertiary/aromatic N) is 1. The lowest BCUT2D eigenvalue weighted by Crippen LogP contribution is -2.46. The van der Waals surface area contributed by atoms with E-state index in [1.807, 2.05) is 30.7 Å². The van der Waals surface area contributed by atoms with Gasteiger partial charge in [-0.15, -0.1) is 11.3 Å². The first kappa shape index (κ1) is 23.4. The predicted octanol–water partition coefficient (Wildman–Crippen LogP) is 3.69. The van der Waals surface area contributed by atoms with Crippen molar-refractivity contribution in [3.8, 4) is 0 Å². The van der Waals surface area contributed by atoms with Crippen molar-refractivity contribution in [2.24, 2.45) is 0 Å². The molecule has 0 saturated carbocycles. The highest BCUT2D eigenvalue weighted by Gasteiger charge is 2.26. The van der Waals surface area contributed by atoms with Crippen LogP contribution in [-0.2, 0) is 16.0 Å². The summed E-state index contributed by atoms with van der Waals surface area (Å²) in [4.78, 5) is 40.4. The van der Waals surface area contributed by atoms with Gasteiger partial charge in [-0.25, -0.2) is 4.79 Å². The van der Waals surface area contributed by atoms with Crippen LogP contribution in [0.5, 0.6) is 0 Å². The summed E-state index contributed by atoms with van der Waals surface area (Å²) >= 11 is 2.92. The largest absolute Gasteiger partial charge is 0.462 e. The second kappa shape index (κ2) is 10.9. The first-order valence-electron chi connectivity index (χ1n) is 10.6. The molecular weight excluding hydrogens is 434 g/mol. The second-order valence-electron chi connectivity index (χ2n) is 7.50. The molecule has 1 saturated heterocycles. The highest BCUT2D eigenvalue weighted by molar-refractivity contribution is 7.16. The fraction of sp³-hybridized carbons (Fsp3) is 0.500. The Hall–Kier alpha value is -2.23. The summed E-state index contributed by atoms with van der Waals surface area (Å²) in [6.45, 7) is 7.73. The Morgan fingerprint density at radius 2 is 1.97 bits per heavy atom. The lowest BCUT2D eigenvalue weighted by atomic mass is 10.0. The van der Waals surface area contributed by atoms with Crippen molar-refractivity contribution >= 4 is 45.5 Å². The number of hydrogen-bond acceptors (Lipinski definition) is 7. The zero-order valence-corrected chi connectivity index (χ0v) is 19.8. The second-order valence-corrected chi connectivity index (χ2v) is 9.50. The van der Waals surface area contributed by atoms with E-state index in [2.05, 4.69) is 15.5 Å². The summed E-state index contributed by atoms with van der Waals surface area (Å²) in [6.07, 6.45) is 2.31. The molecule has 168 valence electrons. The van der Waals surface area contributed by atoms with Crippen molar-refractivity contribution in [2.45, 2.75) is 46.1 Å². The Morgan fingerprint density at radius 1 is 1.23 bits per heavy atom. The topological polar surface area (TPSA) is 87.7 Å². The zero-order valence-electron chi connectivity index (χ0n) is 18.2. The Bertz CT molecular complexity index is 916. The molecule has 0 bridgehead atoms. The lowest BCUT2D eigenvalue weighted by molar-refractivity contribution is -0.117. The highest BCUT2D eigenvalue weighted by atomic mass is 32.1. The van der Waals surface area contributed by atoms with E-state index in [0.29, 0.717) is 29.2 Å². The third kappa shape index (κ3) is 5.93. The zero-order chi connectivity index (χ0) is 22.4. The molecule has 0 radical (unpaired) electrons. The molecular formula is C22H29N3O4S2. The first-order chi connectivity index (χ1) is 14.9. The van der Waals surface area contributed by atoms with Gasteiger partial charge in [0, 0.05) is 35.0 Å². The number of hydrogen-bond donors (Lipinski definition) is 2. The van der Waals surface area contributed by atoms with Crippen molar-refractivity contribution in [1.29, 1.82) is 0 Å². The quantitative estimate of drug-likeness (QED) is 0.583. The molecule has 0 aromatic carbocycles. The Balaban J connectivity index is 1.53. The summed E-state index contributed by atoms with van der Waals surface area (Å²) in [5.74, 6) is -0.569. The number of nitrogens with one attached hydrogen (secondary N) is 2. The maximum Gasteiger partial charge on any atom is 0.341 e. The van der Waals surface area contributed by atoms with Gasteiger partial charge in [-0.3, -0.25) is 14.5 Å². The average molecular weight is 464 g/mol. The van der Waals surface area contributed by atoms with Crippen LogP contribution in [0.15, 0.2) is 16.8 Å². The number of likely N-dealkylation sites (tertiary alicyclic amines) is 1. The molecule has 2 aromatic heterocycles. The normalized spacial score (nSPS) is 14.9. The maximum atomic E-state index is 12.7. The molecule has 2 N–H and O–H groups in total. The number of piperidine rings is 1. The Morgan fingerprint density at radius 3 is 2.58 bits per heavy atom. The van der Waals surface area contributed by atoms with Crippen molar-refractivity contribution in [3.63, 3.8) is 0 Å². The van der Waals surface area contributed by atoms with E-state index in [0.717, 1.165) is 36.4 Å². The standard InChI is InChI=1S/C22H29N3O4S2/c1-4-17-14(3)31-21(19(17)22(28)29-5-2)24-18(26)12-25-9-6-16(7-10-25)23-20(27)15-8-11-30-13-15/h8,11,13,16H,4-7,9-10,12H2,1-3H3,(H,23,27)(H,24,26). The number of aryl methyl sites for hydroxylation is 1. The molecule has 2 aromatic rings. The van der Waals surface area contributed by atoms with Crippen LogP contribution in [0.2, 0.25) is 0 Å². The van der Waals surface area contributed by atoms with Gasteiger partial charge < -0.3 is 15.4 Å². The molecule has 1 aliphatic heterocycles. The van der Waals surface area contributed by atoms with E-state index in [4.69, 9.17) is 4.74 Å². The predicted molar refractivity (Wildman–Crippen MR) is 124 cm³/mol. The molecule has 0 atom stereocenters. The van der Waals surface area contributed by atoms with Crippen molar-refractivity contribution in [1.82, 2.24) is 10.2 Å². The third-order valence-electron chi connectivity index (χ3n) is 5.37. The molecule has 1 fully saturated rings. The van der Waals surface area contributed by atoms with Gasteiger partial charge in [0.25, 0.3) is 5.91 Å². The molecule has 0 aliphatic carbocycles. The van der Waals surface area contributed by atoms with Gasteiger partial charge in [0.1, 0.15) is 5.00 Å². The van der Waals surface area contributed by atoms with Crippen molar-refractivity contribution in [3.05, 3.63) is 38.4 Å². The number of esters is 1. The fourth-order valence-corrected chi connectivity index (χ4v) is 5.56. The van der Waals surface area contributed by atoms with E-state index >= 15 is 0 Å². The monoisotopic (exact) mass is 463 g/mol. The van der Waals surface area contributed by atoms with Gasteiger partial charge in [0.15, 0.2) is 0 Å². The number of anilines is 1. The first-order valence-corrected chi connectivity index (χ1v) is 12.3. The minimum Gasteiger partial charge on any atom is -0.462 e. The molecule has 0 unspecified atom stereocenters. The van der Waals surface area contributed by atoms with Crippen LogP contribution < -0.4 is 10.6 Å². The number of amides is 2. The number of carbonyl (C=O) groups excluding carboxylic acids is 3. The Kier molecular flexibility index (Phi) is 8.22. The van der Waals surface area contributed by atoms with E-state index in [-0.39, 0.29) is 30.4 Å². The number of carbonyl (C=O) groups is 3. The molecule has 3 heterocycles. The fourth-order valence-electron chi connectivity index (χ4n) is 3.78. The van der Waals surface area contributed by atoms with Gasteiger partial charge in [0.2, 0.25) is 5.91 Å². The van der Waals surface area contributed by atoms with E-state index in [1.54, 1.807) is 6.92 Å². The molecule has 3 rings (SSSR count). The molecule has 7 nitrogen and oxygen atoms in total. The Labute approximate surface area is 190 Å². The van der Waals surface area contributed by atoms with Crippen LogP contribution in [0.3, 0.4) is 0 Å². The highest BCUT2D eigenvalue weighted by Crippen LogP contribution is 2.34. The summed E-state index contributed by atoms with van der Waals surface area (Å²) in [5, 5.41) is 10.3. The molecule has 2 amide bonds. The van der Waals surface area contributed by atoms with Crippen LogP contribution in [-0.4, -0.2) is 55.0 Å². The van der Waals surface area contributed by atoms with Crippen LogP contribution in [0.4, 0.5) is 5.00 Å². The summed E-state index contributed by atoms with van der Waals surface area (Å²) in [7, 11) is 0. The average Bonchev–Trinajstić information content (AvgIpc) is 3.37. The minimum absolute atomic E-state index is 0.0382. The molecule has 0 spiro atoms. The van der Waals surface area contributed by atoms with Crippen LogP contribution >= 0.6 is 22.7 Å². The smallest absolute Gasteiger partial charge is 0.341 e. The van der Waals surface area contributed by atoms with Crippen LogP contribution in [0, 0.1) is 6.92 Å². The van der Waals surface area contributed by atoms with E-state index in [1.165, 1.54) is 22.7 Å². The molecule has 1 aliphatic rings. The van der Waals surface area contributed by atoms with Gasteiger partial charge in [-0.1, -0.05) is 6.92 Å². The number of ether oxygens (including phenoxy) is 1. The maximum absolute atomic E-state index is 12.7. The summed E-state index contributed by atoms with van der Waals surface area (Å²) < 4.78 is 5.20.